The molecule has 1 amide bonds. The Balaban J connectivity index is 1.85. The van der Waals surface area contributed by atoms with Gasteiger partial charge in [0.1, 0.15) is 0 Å². The zero-order chi connectivity index (χ0) is 18.0. The number of nitrogens with zero attached hydrogens (tertiary/aromatic N) is 2. The Bertz CT molecular complexity index is 774. The van der Waals surface area contributed by atoms with Gasteiger partial charge in [0.25, 0.3) is 5.91 Å². The third kappa shape index (κ3) is 3.50. The van der Waals surface area contributed by atoms with Crippen molar-refractivity contribution in [3.63, 3.8) is 0 Å². The van der Waals surface area contributed by atoms with E-state index >= 15 is 0 Å². The van der Waals surface area contributed by atoms with E-state index in [0.717, 1.165) is 11.3 Å². The van der Waals surface area contributed by atoms with E-state index in [0.29, 0.717) is 12.1 Å². The van der Waals surface area contributed by atoms with Crippen LogP contribution in [0.25, 0.3) is 0 Å². The van der Waals surface area contributed by atoms with Crippen molar-refractivity contribution in [3.8, 4) is 0 Å². The summed E-state index contributed by atoms with van der Waals surface area (Å²) in [6, 6.07) is 17.0. The number of anilines is 1. The standard InChI is InChI=1S/C20H22N2O3/c1-21(2)16-10-6-9-15(11-16)19(23)22-12-17(18(13-22)20(24)25)14-7-4-3-5-8-14/h3-11,17-18H,12-13H2,1-2H3,(H,24,25)/t17-,18+/m1/s1. The highest BCUT2D eigenvalue weighted by atomic mass is 16.4. The minimum atomic E-state index is -0.855. The summed E-state index contributed by atoms with van der Waals surface area (Å²) in [5.74, 6) is -1.73. The molecule has 0 spiro atoms. The molecule has 1 saturated heterocycles. The Morgan fingerprint density at radius 1 is 1.04 bits per heavy atom. The third-order valence-electron chi connectivity index (χ3n) is 4.76. The number of benzene rings is 2. The Morgan fingerprint density at radius 3 is 2.40 bits per heavy atom. The summed E-state index contributed by atoms with van der Waals surface area (Å²) < 4.78 is 0. The first-order valence-corrected chi connectivity index (χ1v) is 8.32. The van der Waals surface area contributed by atoms with Crippen molar-refractivity contribution in [2.45, 2.75) is 5.92 Å². The second-order valence-electron chi connectivity index (χ2n) is 6.62. The first-order valence-electron chi connectivity index (χ1n) is 8.32. The zero-order valence-corrected chi connectivity index (χ0v) is 14.4. The lowest BCUT2D eigenvalue weighted by atomic mass is 9.89. The van der Waals surface area contributed by atoms with Gasteiger partial charge in [-0.05, 0) is 23.8 Å². The number of carboxylic acid groups (broad SMARTS) is 1. The minimum Gasteiger partial charge on any atom is -0.481 e. The van der Waals surface area contributed by atoms with Crippen molar-refractivity contribution in [3.05, 3.63) is 65.7 Å². The summed E-state index contributed by atoms with van der Waals surface area (Å²) in [6.45, 7) is 0.659. The van der Waals surface area contributed by atoms with Crippen LogP contribution in [0.1, 0.15) is 21.8 Å². The molecule has 2 aromatic carbocycles. The summed E-state index contributed by atoms with van der Waals surface area (Å²) in [5.41, 5.74) is 2.50. The quantitative estimate of drug-likeness (QED) is 0.931. The van der Waals surface area contributed by atoms with Crippen LogP contribution in [0.3, 0.4) is 0 Å². The molecule has 0 aromatic heterocycles. The van der Waals surface area contributed by atoms with Crippen LogP contribution in [0.2, 0.25) is 0 Å². The van der Waals surface area contributed by atoms with Crippen LogP contribution in [0.15, 0.2) is 54.6 Å². The number of carbonyl (C=O) groups excluding carboxylic acids is 1. The van der Waals surface area contributed by atoms with Crippen LogP contribution < -0.4 is 4.90 Å². The molecule has 0 radical (unpaired) electrons. The van der Waals surface area contributed by atoms with Crippen molar-refractivity contribution in [2.75, 3.05) is 32.1 Å². The maximum atomic E-state index is 12.9. The fraction of sp³-hybridized carbons (Fsp3) is 0.300. The van der Waals surface area contributed by atoms with Crippen molar-refractivity contribution in [2.24, 2.45) is 5.92 Å². The molecule has 2 atom stereocenters. The summed E-state index contributed by atoms with van der Waals surface area (Å²) in [4.78, 5) is 28.2. The first kappa shape index (κ1) is 17.0. The van der Waals surface area contributed by atoms with E-state index in [4.69, 9.17) is 0 Å². The number of carboxylic acids is 1. The van der Waals surface area contributed by atoms with Crippen LogP contribution in [-0.4, -0.2) is 49.1 Å². The average molecular weight is 338 g/mol. The van der Waals surface area contributed by atoms with E-state index in [1.54, 1.807) is 11.0 Å². The van der Waals surface area contributed by atoms with Crippen LogP contribution in [0, 0.1) is 5.92 Å². The maximum absolute atomic E-state index is 12.9. The summed E-state index contributed by atoms with van der Waals surface area (Å²) in [5, 5.41) is 9.59. The lowest BCUT2D eigenvalue weighted by molar-refractivity contribution is -0.141. The average Bonchev–Trinajstić information content (AvgIpc) is 3.07. The Hall–Kier alpha value is -2.82. The highest BCUT2D eigenvalue weighted by Crippen LogP contribution is 2.33. The summed E-state index contributed by atoms with van der Waals surface area (Å²) in [7, 11) is 3.84. The predicted octanol–water partition coefficient (Wildman–Crippen LogP) is 2.69. The maximum Gasteiger partial charge on any atom is 0.308 e. The zero-order valence-electron chi connectivity index (χ0n) is 14.4. The molecule has 2 aromatic rings. The van der Waals surface area contributed by atoms with Gasteiger partial charge in [0.05, 0.1) is 5.92 Å². The molecule has 1 aliphatic heterocycles. The minimum absolute atomic E-state index is 0.117. The molecule has 1 aliphatic rings. The van der Waals surface area contributed by atoms with Crippen molar-refractivity contribution in [1.29, 1.82) is 0 Å². The Morgan fingerprint density at radius 2 is 1.76 bits per heavy atom. The third-order valence-corrected chi connectivity index (χ3v) is 4.76. The molecular formula is C20H22N2O3. The smallest absolute Gasteiger partial charge is 0.308 e. The van der Waals surface area contributed by atoms with Crippen molar-refractivity contribution < 1.29 is 14.7 Å². The van der Waals surface area contributed by atoms with Gasteiger partial charge in [0.15, 0.2) is 0 Å². The fourth-order valence-electron chi connectivity index (χ4n) is 3.36. The monoisotopic (exact) mass is 338 g/mol. The van der Waals surface area contributed by atoms with Crippen molar-refractivity contribution in [1.82, 2.24) is 4.90 Å². The molecule has 1 fully saturated rings. The van der Waals surface area contributed by atoms with E-state index in [1.807, 2.05) is 67.5 Å². The molecule has 0 aliphatic carbocycles. The van der Waals surface area contributed by atoms with Gasteiger partial charge in [-0.1, -0.05) is 36.4 Å². The molecule has 0 bridgehead atoms. The van der Waals surface area contributed by atoms with Gasteiger partial charge in [-0.3, -0.25) is 9.59 Å². The van der Waals surface area contributed by atoms with E-state index in [-0.39, 0.29) is 18.4 Å². The van der Waals surface area contributed by atoms with Crippen LogP contribution in [-0.2, 0) is 4.79 Å². The number of amides is 1. The van der Waals surface area contributed by atoms with E-state index in [9.17, 15) is 14.7 Å². The lowest BCUT2D eigenvalue weighted by Gasteiger charge is -2.18. The molecule has 5 nitrogen and oxygen atoms in total. The number of likely N-dealkylation sites (tertiary alicyclic amines) is 1. The first-order chi connectivity index (χ1) is 12.0. The highest BCUT2D eigenvalue weighted by Gasteiger charge is 2.40. The van der Waals surface area contributed by atoms with Gasteiger partial charge < -0.3 is 14.9 Å². The number of aliphatic carboxylic acids is 1. The number of hydrogen-bond donors (Lipinski definition) is 1. The van der Waals surface area contributed by atoms with Gasteiger partial charge in [-0.2, -0.15) is 0 Å². The van der Waals surface area contributed by atoms with E-state index in [2.05, 4.69) is 0 Å². The van der Waals surface area contributed by atoms with Crippen LogP contribution >= 0.6 is 0 Å². The summed E-state index contributed by atoms with van der Waals surface area (Å²) in [6.07, 6.45) is 0. The van der Waals surface area contributed by atoms with Crippen LogP contribution in [0.4, 0.5) is 5.69 Å². The Labute approximate surface area is 147 Å². The van der Waals surface area contributed by atoms with Crippen LogP contribution in [0.5, 0.6) is 0 Å². The Kier molecular flexibility index (Phi) is 4.74. The molecule has 0 unspecified atom stereocenters. The van der Waals surface area contributed by atoms with Gasteiger partial charge in [-0.15, -0.1) is 0 Å². The number of rotatable bonds is 4. The lowest BCUT2D eigenvalue weighted by Crippen LogP contribution is -2.30. The van der Waals surface area contributed by atoms with Crippen molar-refractivity contribution >= 4 is 17.6 Å². The van der Waals surface area contributed by atoms with Gasteiger partial charge >= 0.3 is 5.97 Å². The van der Waals surface area contributed by atoms with E-state index in [1.165, 1.54) is 0 Å². The molecular weight excluding hydrogens is 316 g/mol. The molecule has 25 heavy (non-hydrogen) atoms. The molecule has 1 N–H and O–H groups in total. The molecule has 130 valence electrons. The normalized spacial score (nSPS) is 19.7. The molecule has 3 rings (SSSR count). The largest absolute Gasteiger partial charge is 0.481 e. The highest BCUT2D eigenvalue weighted by molar-refractivity contribution is 5.96. The second kappa shape index (κ2) is 6.97. The molecule has 0 saturated carbocycles. The van der Waals surface area contributed by atoms with Gasteiger partial charge in [-0.25, -0.2) is 0 Å². The molecule has 5 heteroatoms. The number of hydrogen-bond acceptors (Lipinski definition) is 3. The number of carbonyl (C=O) groups is 2. The van der Waals surface area contributed by atoms with Gasteiger partial charge in [0, 0.05) is 44.4 Å². The molecule has 1 heterocycles. The fourth-order valence-corrected chi connectivity index (χ4v) is 3.36. The SMILES string of the molecule is CN(C)c1cccc(C(=O)N2C[C@H](C(=O)O)[C@@H](c3ccccc3)C2)c1. The second-order valence-corrected chi connectivity index (χ2v) is 6.62. The van der Waals surface area contributed by atoms with Gasteiger partial charge in [0.2, 0.25) is 0 Å². The van der Waals surface area contributed by atoms with E-state index < -0.39 is 11.9 Å². The summed E-state index contributed by atoms with van der Waals surface area (Å²) >= 11 is 0. The predicted molar refractivity (Wildman–Crippen MR) is 97.0 cm³/mol. The topological polar surface area (TPSA) is 60.9 Å².